The van der Waals surface area contributed by atoms with E-state index in [1.54, 1.807) is 6.08 Å². The van der Waals surface area contributed by atoms with Crippen molar-refractivity contribution < 1.29 is 9.13 Å². The molecule has 0 unspecified atom stereocenters. The van der Waals surface area contributed by atoms with Gasteiger partial charge >= 0.3 is 0 Å². The molecule has 2 aromatic carbocycles. The van der Waals surface area contributed by atoms with Crippen molar-refractivity contribution in [1.29, 1.82) is 0 Å². The fourth-order valence-corrected chi connectivity index (χ4v) is 5.82. The summed E-state index contributed by atoms with van der Waals surface area (Å²) in [6, 6.07) is 9.74. The summed E-state index contributed by atoms with van der Waals surface area (Å²) >= 11 is 0. The maximum Gasteiger partial charge on any atom is 0.134 e. The number of benzene rings is 2. The van der Waals surface area contributed by atoms with Gasteiger partial charge in [0.2, 0.25) is 0 Å². The zero-order valence-electron chi connectivity index (χ0n) is 17.8. The highest BCUT2D eigenvalue weighted by molar-refractivity contribution is 5.85. The van der Waals surface area contributed by atoms with Crippen LogP contribution in [-0.4, -0.2) is 6.61 Å². The molecule has 0 radical (unpaired) electrons. The quantitative estimate of drug-likeness (QED) is 0.450. The summed E-state index contributed by atoms with van der Waals surface area (Å²) in [5, 5.41) is 1.63. The van der Waals surface area contributed by atoms with Crippen molar-refractivity contribution >= 4 is 10.8 Å². The molecule has 1 nitrogen and oxygen atoms in total. The third-order valence-electron chi connectivity index (χ3n) is 7.67. The van der Waals surface area contributed by atoms with Gasteiger partial charge in [0, 0.05) is 5.39 Å². The normalized spacial score (nSPS) is 27.7. The van der Waals surface area contributed by atoms with Crippen molar-refractivity contribution in [3.05, 3.63) is 54.4 Å². The molecule has 0 amide bonds. The van der Waals surface area contributed by atoms with Crippen molar-refractivity contribution in [2.24, 2.45) is 17.8 Å². The Morgan fingerprint density at radius 3 is 2.31 bits per heavy atom. The van der Waals surface area contributed by atoms with E-state index in [9.17, 15) is 0 Å². The van der Waals surface area contributed by atoms with E-state index < -0.39 is 0 Å². The molecular weight excluding hydrogens is 359 g/mol. The lowest BCUT2D eigenvalue weighted by atomic mass is 9.68. The van der Waals surface area contributed by atoms with Gasteiger partial charge in [-0.15, -0.1) is 0 Å². The molecule has 4 rings (SSSR count). The van der Waals surface area contributed by atoms with Crippen molar-refractivity contribution in [2.45, 2.75) is 70.6 Å². The molecule has 0 atom stereocenters. The number of fused-ring (bicyclic) bond motifs is 1. The highest BCUT2D eigenvalue weighted by Gasteiger charge is 2.31. The van der Waals surface area contributed by atoms with Crippen LogP contribution in [0.1, 0.15) is 76.2 Å². The van der Waals surface area contributed by atoms with Gasteiger partial charge in [-0.3, -0.25) is 0 Å². The Labute approximate surface area is 175 Å². The third-order valence-corrected chi connectivity index (χ3v) is 7.67. The number of hydrogen-bond acceptors (Lipinski definition) is 1. The van der Waals surface area contributed by atoms with E-state index in [0.717, 1.165) is 47.3 Å². The maximum absolute atomic E-state index is 15.3. The van der Waals surface area contributed by atoms with Gasteiger partial charge in [-0.05, 0) is 91.3 Å². The molecule has 156 valence electrons. The topological polar surface area (TPSA) is 9.23 Å². The van der Waals surface area contributed by atoms with Gasteiger partial charge < -0.3 is 4.74 Å². The van der Waals surface area contributed by atoms with E-state index in [1.165, 1.54) is 44.9 Å². The fourth-order valence-electron chi connectivity index (χ4n) is 5.82. The Bertz CT molecular complexity index is 826. The van der Waals surface area contributed by atoms with E-state index in [1.807, 2.05) is 24.3 Å². The van der Waals surface area contributed by atoms with Crippen LogP contribution in [0, 0.1) is 23.6 Å². The molecule has 0 heterocycles. The van der Waals surface area contributed by atoms with Gasteiger partial charge in [0.15, 0.2) is 0 Å². The van der Waals surface area contributed by atoms with Crippen LogP contribution in [0.2, 0.25) is 0 Å². The first-order valence-corrected chi connectivity index (χ1v) is 11.7. The van der Waals surface area contributed by atoms with Crippen LogP contribution < -0.4 is 4.74 Å². The molecule has 0 spiro atoms. The summed E-state index contributed by atoms with van der Waals surface area (Å²) in [5.74, 6) is 3.88. The van der Waals surface area contributed by atoms with Gasteiger partial charge in [-0.25, -0.2) is 4.39 Å². The van der Waals surface area contributed by atoms with Crippen LogP contribution in [0.5, 0.6) is 5.75 Å². The monoisotopic (exact) mass is 394 g/mol. The lowest BCUT2D eigenvalue weighted by molar-refractivity contribution is 0.158. The molecule has 2 heteroatoms. The van der Waals surface area contributed by atoms with Gasteiger partial charge in [-0.2, -0.15) is 0 Å². The Kier molecular flexibility index (Phi) is 6.57. The molecule has 2 aromatic rings. The summed E-state index contributed by atoms with van der Waals surface area (Å²) in [7, 11) is 0. The zero-order valence-corrected chi connectivity index (χ0v) is 17.8. The Morgan fingerprint density at radius 1 is 0.966 bits per heavy atom. The highest BCUT2D eigenvalue weighted by atomic mass is 19.1. The minimum Gasteiger partial charge on any atom is -0.490 e. The molecule has 2 aliphatic rings. The van der Waals surface area contributed by atoms with E-state index in [4.69, 9.17) is 4.74 Å². The van der Waals surface area contributed by atoms with Gasteiger partial charge in [0.25, 0.3) is 0 Å². The average Bonchev–Trinajstić information content (AvgIpc) is 2.78. The highest BCUT2D eigenvalue weighted by Crippen LogP contribution is 2.45. The van der Waals surface area contributed by atoms with Gasteiger partial charge in [0.05, 0.1) is 0 Å². The first-order valence-electron chi connectivity index (χ1n) is 11.7. The summed E-state index contributed by atoms with van der Waals surface area (Å²) in [6.45, 7) is 6.48. The molecule has 29 heavy (non-hydrogen) atoms. The van der Waals surface area contributed by atoms with Gasteiger partial charge in [-0.1, -0.05) is 51.0 Å². The van der Waals surface area contributed by atoms with E-state index in [0.29, 0.717) is 17.9 Å². The largest absolute Gasteiger partial charge is 0.490 e. The molecule has 0 saturated heterocycles. The van der Waals surface area contributed by atoms with E-state index in [-0.39, 0.29) is 5.82 Å². The van der Waals surface area contributed by atoms with Crippen molar-refractivity contribution in [3.63, 3.8) is 0 Å². The smallest absolute Gasteiger partial charge is 0.134 e. The Hall–Kier alpha value is -1.83. The maximum atomic E-state index is 15.3. The van der Waals surface area contributed by atoms with Crippen LogP contribution in [0.15, 0.2) is 43.0 Å². The van der Waals surface area contributed by atoms with Gasteiger partial charge in [0.1, 0.15) is 18.2 Å². The average molecular weight is 395 g/mol. The molecule has 0 aliphatic heterocycles. The molecular formula is C27H35FO. The lowest BCUT2D eigenvalue weighted by Gasteiger charge is -2.38. The number of hydrogen-bond donors (Lipinski definition) is 0. The zero-order chi connectivity index (χ0) is 20.2. The molecule has 0 aromatic heterocycles. The van der Waals surface area contributed by atoms with E-state index in [2.05, 4.69) is 19.6 Å². The second kappa shape index (κ2) is 9.32. The van der Waals surface area contributed by atoms with Crippen LogP contribution in [0.25, 0.3) is 10.8 Å². The Balaban J connectivity index is 1.41. The first kappa shape index (κ1) is 20.4. The first-order chi connectivity index (χ1) is 14.2. The molecule has 0 bridgehead atoms. The summed E-state index contributed by atoms with van der Waals surface area (Å²) in [4.78, 5) is 0. The predicted octanol–water partition coefficient (Wildman–Crippen LogP) is 8.03. The van der Waals surface area contributed by atoms with Crippen molar-refractivity contribution in [2.75, 3.05) is 6.61 Å². The summed E-state index contributed by atoms with van der Waals surface area (Å²) in [5.41, 5.74) is 0.922. The SMILES string of the molecule is C=CCOc1ccc2c(F)c(C3CCC(C4CCC(CC)CC4)CC3)ccc2c1. The Morgan fingerprint density at radius 2 is 1.66 bits per heavy atom. The van der Waals surface area contributed by atoms with Crippen LogP contribution >= 0.6 is 0 Å². The molecule has 2 fully saturated rings. The number of ether oxygens (including phenoxy) is 1. The number of rotatable bonds is 6. The third kappa shape index (κ3) is 4.52. The van der Waals surface area contributed by atoms with Crippen molar-refractivity contribution in [3.8, 4) is 5.75 Å². The van der Waals surface area contributed by atoms with Crippen LogP contribution in [-0.2, 0) is 0 Å². The van der Waals surface area contributed by atoms with Crippen LogP contribution in [0.4, 0.5) is 4.39 Å². The van der Waals surface area contributed by atoms with Crippen molar-refractivity contribution in [1.82, 2.24) is 0 Å². The van der Waals surface area contributed by atoms with Crippen LogP contribution in [0.3, 0.4) is 0 Å². The minimum absolute atomic E-state index is 0.0234. The lowest BCUT2D eigenvalue weighted by Crippen LogP contribution is -2.25. The van der Waals surface area contributed by atoms with E-state index >= 15 is 4.39 Å². The second-order valence-electron chi connectivity index (χ2n) is 9.25. The minimum atomic E-state index is -0.0234. The predicted molar refractivity (Wildman–Crippen MR) is 120 cm³/mol. The fraction of sp³-hybridized carbons (Fsp3) is 0.556. The summed E-state index contributed by atoms with van der Waals surface area (Å²) < 4.78 is 20.9. The molecule has 2 saturated carbocycles. The second-order valence-corrected chi connectivity index (χ2v) is 9.25. The molecule has 2 aliphatic carbocycles. The number of halogens is 1. The molecule has 0 N–H and O–H groups in total. The summed E-state index contributed by atoms with van der Waals surface area (Å²) in [6.07, 6.45) is 13.6. The standard InChI is InChI=1S/C27H35FO/c1-3-17-29-24-14-16-26-23(18-24)13-15-25(27(26)28)22-11-9-21(10-12-22)20-7-5-19(4-2)6-8-20/h3,13-16,18-22H,1,4-12,17H2,2H3.